The molecular weight excluding hydrogens is 384 g/mol. The Morgan fingerprint density at radius 1 is 0.800 bits per heavy atom. The van der Waals surface area contributed by atoms with E-state index in [1.165, 1.54) is 27.8 Å². The van der Waals surface area contributed by atoms with E-state index in [0.29, 0.717) is 5.92 Å². The van der Waals surface area contributed by atoms with Gasteiger partial charge in [-0.3, -0.25) is 0 Å². The summed E-state index contributed by atoms with van der Waals surface area (Å²) in [7, 11) is 0. The standard InChI is InChI=1S/C27H28N2S/c1-19-7-11-22(12-8-19)27-17-25(28-29(27)26-13-9-20(2)10-14-26)16-24(18-30)23-6-4-5-21(3)15-23/h4-15,17,24,30H,16,18H2,1-3H3. The average molecular weight is 413 g/mol. The molecule has 3 heteroatoms. The molecular formula is C27H28N2S. The first-order valence-corrected chi connectivity index (χ1v) is 11.1. The van der Waals surface area contributed by atoms with Gasteiger partial charge in [0.15, 0.2) is 0 Å². The molecule has 1 aromatic heterocycles. The van der Waals surface area contributed by atoms with Crippen molar-refractivity contribution < 1.29 is 0 Å². The molecule has 3 aromatic carbocycles. The van der Waals surface area contributed by atoms with Crippen LogP contribution in [0.25, 0.3) is 16.9 Å². The van der Waals surface area contributed by atoms with Gasteiger partial charge in [0.2, 0.25) is 0 Å². The predicted octanol–water partition coefficient (Wildman–Crippen LogP) is 6.72. The summed E-state index contributed by atoms with van der Waals surface area (Å²) in [6, 6.07) is 28.2. The molecule has 1 unspecified atom stereocenters. The lowest BCUT2D eigenvalue weighted by Gasteiger charge is -2.14. The molecule has 0 aliphatic rings. The SMILES string of the molecule is Cc1ccc(-c2cc(CC(CS)c3cccc(C)c3)nn2-c2ccc(C)cc2)cc1. The molecule has 4 aromatic rings. The van der Waals surface area contributed by atoms with Gasteiger partial charge in [-0.1, -0.05) is 77.4 Å². The highest BCUT2D eigenvalue weighted by Gasteiger charge is 2.17. The smallest absolute Gasteiger partial charge is 0.0743 e. The van der Waals surface area contributed by atoms with E-state index in [0.717, 1.165) is 29.2 Å². The lowest BCUT2D eigenvalue weighted by atomic mass is 9.94. The number of aromatic nitrogens is 2. The molecule has 30 heavy (non-hydrogen) atoms. The molecule has 0 aliphatic carbocycles. The van der Waals surface area contributed by atoms with Gasteiger partial charge in [-0.15, -0.1) is 0 Å². The number of aryl methyl sites for hydroxylation is 3. The maximum atomic E-state index is 5.03. The Balaban J connectivity index is 1.74. The van der Waals surface area contributed by atoms with Crippen LogP contribution in [0.2, 0.25) is 0 Å². The van der Waals surface area contributed by atoms with E-state index >= 15 is 0 Å². The molecule has 152 valence electrons. The van der Waals surface area contributed by atoms with E-state index < -0.39 is 0 Å². The summed E-state index contributed by atoms with van der Waals surface area (Å²) >= 11 is 4.65. The zero-order chi connectivity index (χ0) is 21.1. The summed E-state index contributed by atoms with van der Waals surface area (Å²) in [6.07, 6.45) is 0.866. The van der Waals surface area contributed by atoms with Gasteiger partial charge >= 0.3 is 0 Å². The first-order chi connectivity index (χ1) is 14.5. The number of thiol groups is 1. The zero-order valence-corrected chi connectivity index (χ0v) is 18.7. The molecule has 0 amide bonds. The van der Waals surface area contributed by atoms with Crippen LogP contribution in [0.4, 0.5) is 0 Å². The van der Waals surface area contributed by atoms with Crippen molar-refractivity contribution in [2.24, 2.45) is 0 Å². The zero-order valence-electron chi connectivity index (χ0n) is 17.8. The van der Waals surface area contributed by atoms with Crippen LogP contribution in [-0.4, -0.2) is 15.5 Å². The lowest BCUT2D eigenvalue weighted by molar-refractivity contribution is 0.732. The number of hydrogen-bond donors (Lipinski definition) is 1. The fraction of sp³-hybridized carbons (Fsp3) is 0.222. The minimum Gasteiger partial charge on any atom is -0.233 e. The van der Waals surface area contributed by atoms with Crippen LogP contribution in [0.1, 0.15) is 33.9 Å². The van der Waals surface area contributed by atoms with Crippen LogP contribution >= 0.6 is 12.6 Å². The second kappa shape index (κ2) is 8.93. The fourth-order valence-corrected chi connectivity index (χ4v) is 4.15. The number of nitrogens with zero attached hydrogens (tertiary/aromatic N) is 2. The second-order valence-electron chi connectivity index (χ2n) is 8.13. The van der Waals surface area contributed by atoms with Gasteiger partial charge in [0.1, 0.15) is 0 Å². The van der Waals surface area contributed by atoms with Gasteiger partial charge in [0.05, 0.1) is 17.1 Å². The van der Waals surface area contributed by atoms with E-state index in [2.05, 4.69) is 117 Å². The topological polar surface area (TPSA) is 17.8 Å². The largest absolute Gasteiger partial charge is 0.233 e. The summed E-state index contributed by atoms with van der Waals surface area (Å²) in [6.45, 7) is 6.37. The van der Waals surface area contributed by atoms with Crippen LogP contribution in [0.3, 0.4) is 0 Å². The average Bonchev–Trinajstić information content (AvgIpc) is 3.17. The van der Waals surface area contributed by atoms with Crippen molar-refractivity contribution in [3.05, 3.63) is 107 Å². The fourth-order valence-electron chi connectivity index (χ4n) is 3.81. The molecule has 1 atom stereocenters. The minimum absolute atomic E-state index is 0.334. The Morgan fingerprint density at radius 3 is 2.10 bits per heavy atom. The van der Waals surface area contributed by atoms with Crippen molar-refractivity contribution in [1.29, 1.82) is 0 Å². The Morgan fingerprint density at radius 2 is 1.47 bits per heavy atom. The summed E-state index contributed by atoms with van der Waals surface area (Å²) in [5.41, 5.74) is 9.59. The Labute approximate surface area is 185 Å². The summed E-state index contributed by atoms with van der Waals surface area (Å²) in [4.78, 5) is 0. The lowest BCUT2D eigenvalue weighted by Crippen LogP contribution is -2.06. The molecule has 4 rings (SSSR count). The maximum absolute atomic E-state index is 5.03. The molecule has 0 radical (unpaired) electrons. The molecule has 0 saturated carbocycles. The van der Waals surface area contributed by atoms with E-state index in [1.807, 2.05) is 0 Å². The van der Waals surface area contributed by atoms with Crippen molar-refractivity contribution in [2.75, 3.05) is 5.75 Å². The third-order valence-electron chi connectivity index (χ3n) is 5.58. The predicted molar refractivity (Wildman–Crippen MR) is 130 cm³/mol. The van der Waals surface area contributed by atoms with Gasteiger partial charge in [-0.05, 0) is 62.6 Å². The summed E-state index contributed by atoms with van der Waals surface area (Å²) in [5.74, 6) is 1.13. The van der Waals surface area contributed by atoms with E-state index in [9.17, 15) is 0 Å². The van der Waals surface area contributed by atoms with Gasteiger partial charge in [-0.25, -0.2) is 4.68 Å². The van der Waals surface area contributed by atoms with Crippen molar-refractivity contribution in [3.8, 4) is 16.9 Å². The second-order valence-corrected chi connectivity index (χ2v) is 8.50. The maximum Gasteiger partial charge on any atom is 0.0743 e. The van der Waals surface area contributed by atoms with Crippen LogP contribution in [0.5, 0.6) is 0 Å². The van der Waals surface area contributed by atoms with E-state index in [-0.39, 0.29) is 0 Å². The Bertz CT molecular complexity index is 1060. The quantitative estimate of drug-likeness (QED) is 0.348. The Hall–Kier alpha value is -2.78. The molecule has 1 heterocycles. The summed E-state index contributed by atoms with van der Waals surface area (Å²) < 4.78 is 2.07. The van der Waals surface area contributed by atoms with E-state index in [4.69, 9.17) is 5.10 Å². The monoisotopic (exact) mass is 412 g/mol. The van der Waals surface area contributed by atoms with Gasteiger partial charge in [0.25, 0.3) is 0 Å². The number of benzene rings is 3. The molecule has 0 N–H and O–H groups in total. The van der Waals surface area contributed by atoms with Gasteiger partial charge in [0, 0.05) is 5.56 Å². The normalized spacial score (nSPS) is 12.1. The van der Waals surface area contributed by atoms with E-state index in [1.54, 1.807) is 0 Å². The number of hydrogen-bond acceptors (Lipinski definition) is 2. The van der Waals surface area contributed by atoms with Crippen molar-refractivity contribution in [2.45, 2.75) is 33.1 Å². The molecule has 0 fully saturated rings. The van der Waals surface area contributed by atoms with Crippen molar-refractivity contribution >= 4 is 12.6 Å². The van der Waals surface area contributed by atoms with Crippen molar-refractivity contribution in [3.63, 3.8) is 0 Å². The molecule has 0 aliphatic heterocycles. The highest BCUT2D eigenvalue weighted by molar-refractivity contribution is 7.80. The van der Waals surface area contributed by atoms with Gasteiger partial charge < -0.3 is 0 Å². The minimum atomic E-state index is 0.334. The van der Waals surface area contributed by atoms with Crippen LogP contribution in [0.15, 0.2) is 78.9 Å². The third kappa shape index (κ3) is 4.52. The van der Waals surface area contributed by atoms with Crippen LogP contribution in [-0.2, 0) is 6.42 Å². The van der Waals surface area contributed by atoms with Crippen LogP contribution in [0, 0.1) is 20.8 Å². The molecule has 0 bridgehead atoms. The first-order valence-electron chi connectivity index (χ1n) is 10.4. The van der Waals surface area contributed by atoms with Crippen molar-refractivity contribution in [1.82, 2.24) is 9.78 Å². The summed E-state index contributed by atoms with van der Waals surface area (Å²) in [5, 5.41) is 5.03. The first kappa shape index (κ1) is 20.5. The highest BCUT2D eigenvalue weighted by Crippen LogP contribution is 2.28. The molecule has 0 saturated heterocycles. The highest BCUT2D eigenvalue weighted by atomic mass is 32.1. The third-order valence-corrected chi connectivity index (χ3v) is 6.02. The number of rotatable bonds is 6. The molecule has 0 spiro atoms. The van der Waals surface area contributed by atoms with Gasteiger partial charge in [-0.2, -0.15) is 17.7 Å². The Kier molecular flexibility index (Phi) is 6.10. The molecule has 2 nitrogen and oxygen atoms in total. The van der Waals surface area contributed by atoms with Crippen LogP contribution < -0.4 is 0 Å².